The summed E-state index contributed by atoms with van der Waals surface area (Å²) in [5, 5.41) is 9.15. The van der Waals surface area contributed by atoms with Crippen molar-refractivity contribution in [2.45, 2.75) is 30.9 Å². The van der Waals surface area contributed by atoms with E-state index in [1.807, 2.05) is 28.8 Å². The van der Waals surface area contributed by atoms with Crippen molar-refractivity contribution in [3.05, 3.63) is 59.9 Å². The number of aromatic nitrogens is 4. The van der Waals surface area contributed by atoms with E-state index in [2.05, 4.69) is 29.0 Å². The maximum atomic E-state index is 13.2. The molecule has 0 aliphatic rings. The van der Waals surface area contributed by atoms with Crippen molar-refractivity contribution in [3.8, 4) is 11.7 Å². The Labute approximate surface area is 154 Å². The average Bonchev–Trinajstić information content (AvgIpc) is 3.21. The molecular weight excluding hydrogens is 351 g/mol. The molecule has 0 amide bonds. The van der Waals surface area contributed by atoms with E-state index in [-0.39, 0.29) is 5.82 Å². The summed E-state index contributed by atoms with van der Waals surface area (Å²) in [6, 6.07) is 14.3. The molecule has 7 heteroatoms. The van der Waals surface area contributed by atoms with Gasteiger partial charge in [-0.05, 0) is 29.8 Å². The van der Waals surface area contributed by atoms with Crippen molar-refractivity contribution < 1.29 is 8.81 Å². The summed E-state index contributed by atoms with van der Waals surface area (Å²) in [5.74, 6) is 0.738. The summed E-state index contributed by atoms with van der Waals surface area (Å²) in [6.07, 6.45) is 0. The smallest absolute Gasteiger partial charge is 0.284 e. The number of benzene rings is 2. The van der Waals surface area contributed by atoms with Crippen LogP contribution in [0.1, 0.15) is 19.4 Å². The Hall–Kier alpha value is -2.67. The van der Waals surface area contributed by atoms with Crippen LogP contribution < -0.4 is 0 Å². The summed E-state index contributed by atoms with van der Waals surface area (Å²) < 4.78 is 21.0. The molecule has 0 bridgehead atoms. The maximum Gasteiger partial charge on any atom is 0.284 e. The Morgan fingerprint density at radius 2 is 1.85 bits per heavy atom. The van der Waals surface area contributed by atoms with E-state index in [1.54, 1.807) is 12.1 Å². The molecule has 2 heterocycles. The summed E-state index contributed by atoms with van der Waals surface area (Å²) in [4.78, 5) is 4.67. The predicted molar refractivity (Wildman–Crippen MR) is 99.5 cm³/mol. The first-order valence-electron chi connectivity index (χ1n) is 8.30. The average molecular weight is 368 g/mol. The van der Waals surface area contributed by atoms with Crippen LogP contribution in [0.2, 0.25) is 0 Å². The molecule has 0 N–H and O–H groups in total. The van der Waals surface area contributed by atoms with Gasteiger partial charge in [0.2, 0.25) is 0 Å². The molecule has 4 aromatic rings. The van der Waals surface area contributed by atoms with Crippen molar-refractivity contribution in [1.29, 1.82) is 0 Å². The van der Waals surface area contributed by atoms with Gasteiger partial charge in [0.25, 0.3) is 11.1 Å². The van der Waals surface area contributed by atoms with E-state index in [9.17, 15) is 4.39 Å². The predicted octanol–water partition coefficient (Wildman–Crippen LogP) is 4.77. The van der Waals surface area contributed by atoms with Gasteiger partial charge in [0, 0.05) is 11.8 Å². The van der Waals surface area contributed by atoms with Gasteiger partial charge in [0.1, 0.15) is 5.82 Å². The van der Waals surface area contributed by atoms with E-state index in [4.69, 9.17) is 4.42 Å². The monoisotopic (exact) mass is 368 g/mol. The lowest BCUT2D eigenvalue weighted by Crippen LogP contribution is -2.02. The first kappa shape index (κ1) is 16.8. The molecule has 0 unspecified atom stereocenters. The third-order valence-electron chi connectivity index (χ3n) is 3.84. The number of rotatable bonds is 5. The van der Waals surface area contributed by atoms with Gasteiger partial charge >= 0.3 is 0 Å². The van der Waals surface area contributed by atoms with Gasteiger partial charge in [-0.1, -0.05) is 49.9 Å². The first-order chi connectivity index (χ1) is 12.6. The van der Waals surface area contributed by atoms with Gasteiger partial charge in [-0.3, -0.25) is 0 Å². The van der Waals surface area contributed by atoms with Gasteiger partial charge in [-0.2, -0.15) is 0 Å². The highest BCUT2D eigenvalue weighted by molar-refractivity contribution is 7.99. The number of hydrogen-bond donors (Lipinski definition) is 0. The fraction of sp³-hybridized carbons (Fsp3) is 0.211. The largest absolute Gasteiger partial charge is 0.408 e. The molecule has 0 saturated carbocycles. The van der Waals surface area contributed by atoms with Crippen LogP contribution in [-0.2, 0) is 6.54 Å². The first-order valence-corrected chi connectivity index (χ1v) is 9.18. The quantitative estimate of drug-likeness (QED) is 0.475. The van der Waals surface area contributed by atoms with Crippen molar-refractivity contribution in [1.82, 2.24) is 19.7 Å². The Bertz CT molecular complexity index is 1040. The van der Waals surface area contributed by atoms with E-state index in [1.165, 1.54) is 23.9 Å². The second kappa shape index (κ2) is 6.92. The lowest BCUT2D eigenvalue weighted by atomic mass is 10.2. The highest BCUT2D eigenvalue weighted by Crippen LogP contribution is 2.28. The zero-order valence-corrected chi connectivity index (χ0v) is 15.2. The zero-order valence-electron chi connectivity index (χ0n) is 14.4. The summed E-state index contributed by atoms with van der Waals surface area (Å²) in [6.45, 7) is 4.67. The fourth-order valence-corrected chi connectivity index (χ4v) is 3.34. The zero-order chi connectivity index (χ0) is 18.1. The Morgan fingerprint density at radius 1 is 1.08 bits per heavy atom. The van der Waals surface area contributed by atoms with E-state index < -0.39 is 0 Å². The van der Waals surface area contributed by atoms with Crippen molar-refractivity contribution >= 4 is 22.8 Å². The number of hydrogen-bond acceptors (Lipinski definition) is 5. The van der Waals surface area contributed by atoms with Crippen molar-refractivity contribution in [2.75, 3.05) is 0 Å². The molecule has 0 radical (unpaired) electrons. The Balaban J connectivity index is 1.78. The lowest BCUT2D eigenvalue weighted by Gasteiger charge is -2.07. The van der Waals surface area contributed by atoms with Crippen molar-refractivity contribution in [2.24, 2.45) is 0 Å². The van der Waals surface area contributed by atoms with Gasteiger partial charge in [0.05, 0.1) is 11.0 Å². The molecule has 0 saturated heterocycles. The number of halogens is 1. The molecule has 5 nitrogen and oxygen atoms in total. The lowest BCUT2D eigenvalue weighted by molar-refractivity contribution is 0.460. The molecule has 4 rings (SSSR count). The van der Waals surface area contributed by atoms with Crippen LogP contribution in [0.4, 0.5) is 4.39 Å². The summed E-state index contributed by atoms with van der Waals surface area (Å²) in [5.41, 5.74) is 2.77. The normalized spacial score (nSPS) is 11.5. The molecule has 26 heavy (non-hydrogen) atoms. The molecule has 2 aromatic carbocycles. The van der Waals surface area contributed by atoms with Gasteiger partial charge in [-0.15, -0.1) is 10.2 Å². The van der Waals surface area contributed by atoms with Crippen LogP contribution in [0.3, 0.4) is 0 Å². The standard InChI is InChI=1S/C19H17FN4OS/c1-12(2)26-19-23-22-18(25-19)17-21-15-5-3-4-6-16(15)24(17)11-13-7-9-14(20)10-8-13/h3-10,12H,11H2,1-2H3. The number of thioether (sulfide) groups is 1. The van der Waals surface area contributed by atoms with E-state index in [0.717, 1.165) is 16.6 Å². The van der Waals surface area contributed by atoms with Crippen molar-refractivity contribution in [3.63, 3.8) is 0 Å². The fourth-order valence-electron chi connectivity index (χ4n) is 2.72. The van der Waals surface area contributed by atoms with E-state index in [0.29, 0.717) is 28.7 Å². The second-order valence-corrected chi connectivity index (χ2v) is 7.70. The highest BCUT2D eigenvalue weighted by Gasteiger charge is 2.19. The highest BCUT2D eigenvalue weighted by atomic mass is 32.2. The third-order valence-corrected chi connectivity index (χ3v) is 4.68. The van der Waals surface area contributed by atoms with Crippen LogP contribution in [0.25, 0.3) is 22.7 Å². The molecule has 0 aliphatic carbocycles. The van der Waals surface area contributed by atoms with E-state index >= 15 is 0 Å². The maximum absolute atomic E-state index is 13.2. The van der Waals surface area contributed by atoms with Crippen LogP contribution in [0.15, 0.2) is 58.2 Å². The molecular formula is C19H17FN4OS. The topological polar surface area (TPSA) is 56.7 Å². The molecule has 0 atom stereocenters. The Morgan fingerprint density at radius 3 is 2.62 bits per heavy atom. The van der Waals surface area contributed by atoms with Crippen LogP contribution in [-0.4, -0.2) is 25.0 Å². The number of imidazole rings is 1. The van der Waals surface area contributed by atoms with Crippen LogP contribution in [0, 0.1) is 5.82 Å². The SMILES string of the molecule is CC(C)Sc1nnc(-c2nc3ccccc3n2Cc2ccc(F)cc2)o1. The van der Waals surface area contributed by atoms with Gasteiger partial charge < -0.3 is 8.98 Å². The number of nitrogens with zero attached hydrogens (tertiary/aromatic N) is 4. The molecule has 0 fully saturated rings. The Kier molecular flexibility index (Phi) is 4.46. The summed E-state index contributed by atoms with van der Waals surface area (Å²) >= 11 is 1.51. The minimum atomic E-state index is -0.253. The molecule has 132 valence electrons. The minimum Gasteiger partial charge on any atom is -0.408 e. The van der Waals surface area contributed by atoms with Gasteiger partial charge in [0.15, 0.2) is 5.82 Å². The molecule has 0 aliphatic heterocycles. The second-order valence-electron chi connectivity index (χ2n) is 6.18. The van der Waals surface area contributed by atoms with Crippen LogP contribution in [0.5, 0.6) is 0 Å². The van der Waals surface area contributed by atoms with Gasteiger partial charge in [-0.25, -0.2) is 9.37 Å². The molecule has 0 spiro atoms. The molecule has 2 aromatic heterocycles. The summed E-state index contributed by atoms with van der Waals surface area (Å²) in [7, 11) is 0. The van der Waals surface area contributed by atoms with Crippen LogP contribution >= 0.6 is 11.8 Å². The third kappa shape index (κ3) is 3.35. The number of para-hydroxylation sites is 2. The minimum absolute atomic E-state index is 0.253. The number of fused-ring (bicyclic) bond motifs is 1.